The highest BCUT2D eigenvalue weighted by Crippen LogP contribution is 2.43. The summed E-state index contributed by atoms with van der Waals surface area (Å²) in [5.74, 6) is 0.158. The Labute approximate surface area is 280 Å². The summed E-state index contributed by atoms with van der Waals surface area (Å²) in [6.07, 6.45) is 0.299. The maximum atomic E-state index is 14.4. The summed E-state index contributed by atoms with van der Waals surface area (Å²) in [5, 5.41) is 12.8. The lowest BCUT2D eigenvalue weighted by Gasteiger charge is -2.31. The fourth-order valence-electron chi connectivity index (χ4n) is 5.35. The van der Waals surface area contributed by atoms with Gasteiger partial charge in [0.2, 0.25) is 5.90 Å². The van der Waals surface area contributed by atoms with Crippen LogP contribution in [-0.4, -0.2) is 42.2 Å². The number of ether oxygens (including phenoxy) is 2. The first kappa shape index (κ1) is 33.6. The molecule has 0 unspecified atom stereocenters. The first-order chi connectivity index (χ1) is 22.9. The van der Waals surface area contributed by atoms with Crippen LogP contribution in [0.15, 0.2) is 112 Å². The largest absolute Gasteiger partial charge is 0.494 e. The van der Waals surface area contributed by atoms with Crippen LogP contribution in [0.5, 0.6) is 5.75 Å². The van der Waals surface area contributed by atoms with Crippen LogP contribution in [0, 0.1) is 5.82 Å². The zero-order valence-electron chi connectivity index (χ0n) is 25.5. The predicted octanol–water partition coefficient (Wildman–Crippen LogP) is 6.52. The Morgan fingerprint density at radius 3 is 2.55 bits per heavy atom. The second kappa shape index (κ2) is 16.2. The minimum absolute atomic E-state index is 0.0377. The number of rotatable bonds is 15. The molecule has 0 spiro atoms. The summed E-state index contributed by atoms with van der Waals surface area (Å²) in [6, 6.07) is 28.5. The standard InChI is InChI=1S/C35H34BrFN6O4/c36-29-13-9-25(10-14-29)32-35(22-27-6-1-2-7-28(27)23-40-43-38,34(45)42-39-18-17-24-5-3-8-30(37)21-24)41-33(47-32)26-11-15-31(16-12-26)46-20-4-19-44/h1-3,5-16,21,32,39,44H,4,17-20,22-23H2,(H,42,45)/t32-,35-/m0/s1. The van der Waals surface area contributed by atoms with Crippen LogP contribution in [0.3, 0.4) is 0 Å². The maximum absolute atomic E-state index is 14.4. The van der Waals surface area contributed by atoms with Crippen molar-refractivity contribution >= 4 is 27.7 Å². The van der Waals surface area contributed by atoms with E-state index in [9.17, 15) is 9.18 Å². The molecule has 2 atom stereocenters. The Morgan fingerprint density at radius 1 is 1.06 bits per heavy atom. The quantitative estimate of drug-likeness (QED) is 0.0426. The molecule has 1 aliphatic heterocycles. The van der Waals surface area contributed by atoms with Gasteiger partial charge in [-0.1, -0.05) is 69.6 Å². The zero-order chi connectivity index (χ0) is 33.1. The fourth-order valence-corrected chi connectivity index (χ4v) is 5.62. The van der Waals surface area contributed by atoms with Crippen LogP contribution in [-0.2, 0) is 28.9 Å². The van der Waals surface area contributed by atoms with E-state index in [0.717, 1.165) is 26.7 Å². The molecule has 47 heavy (non-hydrogen) atoms. The number of aliphatic hydroxyl groups is 1. The van der Waals surface area contributed by atoms with E-state index in [-0.39, 0.29) is 31.3 Å². The van der Waals surface area contributed by atoms with Gasteiger partial charge in [0, 0.05) is 40.9 Å². The van der Waals surface area contributed by atoms with Gasteiger partial charge in [-0.05, 0) is 82.7 Å². The van der Waals surface area contributed by atoms with Gasteiger partial charge in [0.25, 0.3) is 5.91 Å². The van der Waals surface area contributed by atoms with Gasteiger partial charge in [-0.2, -0.15) is 0 Å². The van der Waals surface area contributed by atoms with E-state index in [1.165, 1.54) is 12.1 Å². The number of hydrogen-bond acceptors (Lipinski definition) is 7. The molecule has 10 nitrogen and oxygen atoms in total. The minimum atomic E-state index is -1.49. The lowest BCUT2D eigenvalue weighted by Crippen LogP contribution is -2.54. The van der Waals surface area contributed by atoms with Gasteiger partial charge in [-0.15, -0.1) is 0 Å². The van der Waals surface area contributed by atoms with E-state index in [2.05, 4.69) is 36.8 Å². The summed E-state index contributed by atoms with van der Waals surface area (Å²) < 4.78 is 26.8. The average Bonchev–Trinajstić information content (AvgIpc) is 3.47. The molecule has 0 fully saturated rings. The molecule has 0 bridgehead atoms. The van der Waals surface area contributed by atoms with Gasteiger partial charge >= 0.3 is 0 Å². The normalized spacial score (nSPS) is 16.9. The number of amides is 1. The number of carbonyl (C=O) groups is 1. The third-order valence-electron chi connectivity index (χ3n) is 7.71. The lowest BCUT2D eigenvalue weighted by molar-refractivity contribution is -0.130. The molecule has 0 saturated heterocycles. The molecule has 12 heteroatoms. The number of azide groups is 1. The number of halogens is 2. The maximum Gasteiger partial charge on any atom is 0.266 e. The van der Waals surface area contributed by atoms with E-state index < -0.39 is 17.6 Å². The Bertz CT molecular complexity index is 1750. The van der Waals surface area contributed by atoms with Crippen molar-refractivity contribution in [2.75, 3.05) is 19.8 Å². The van der Waals surface area contributed by atoms with Gasteiger partial charge in [-0.3, -0.25) is 10.2 Å². The van der Waals surface area contributed by atoms with Crippen LogP contribution < -0.4 is 15.6 Å². The van der Waals surface area contributed by atoms with Crippen molar-refractivity contribution in [1.29, 1.82) is 0 Å². The van der Waals surface area contributed by atoms with Crippen LogP contribution in [0.4, 0.5) is 4.39 Å². The smallest absolute Gasteiger partial charge is 0.266 e. The Kier molecular flexibility index (Phi) is 11.6. The zero-order valence-corrected chi connectivity index (χ0v) is 27.1. The first-order valence-electron chi connectivity index (χ1n) is 15.1. The molecule has 1 aliphatic rings. The van der Waals surface area contributed by atoms with E-state index in [1.807, 2.05) is 66.7 Å². The van der Waals surface area contributed by atoms with Crippen molar-refractivity contribution < 1.29 is 23.8 Å². The summed E-state index contributed by atoms with van der Waals surface area (Å²) in [6.45, 7) is 0.866. The van der Waals surface area contributed by atoms with Gasteiger partial charge in [0.05, 0.1) is 13.2 Å². The summed E-state index contributed by atoms with van der Waals surface area (Å²) in [5.41, 5.74) is 17.1. The molecule has 0 radical (unpaired) electrons. The second-order valence-electron chi connectivity index (χ2n) is 10.9. The molecule has 1 heterocycles. The van der Waals surface area contributed by atoms with Crippen LogP contribution in [0.25, 0.3) is 10.4 Å². The average molecular weight is 702 g/mol. The molecule has 5 rings (SSSR count). The second-order valence-corrected chi connectivity index (χ2v) is 11.9. The highest BCUT2D eigenvalue weighted by molar-refractivity contribution is 9.10. The van der Waals surface area contributed by atoms with Crippen molar-refractivity contribution in [2.24, 2.45) is 10.1 Å². The van der Waals surface area contributed by atoms with E-state index in [4.69, 9.17) is 25.1 Å². The minimum Gasteiger partial charge on any atom is -0.494 e. The van der Waals surface area contributed by atoms with Gasteiger partial charge in [0.1, 0.15) is 11.6 Å². The van der Waals surface area contributed by atoms with Gasteiger partial charge in [0.15, 0.2) is 11.6 Å². The number of hydrazine groups is 1. The SMILES string of the molecule is [N-]=[N+]=NCc1ccccc1C[C@]1(C(=O)NNCCc2cccc(F)c2)N=C(c2ccc(OCCCO)cc2)O[C@H]1c1ccc(Br)cc1. The van der Waals surface area contributed by atoms with Crippen molar-refractivity contribution in [3.63, 3.8) is 0 Å². The molecular formula is C35H34BrFN6O4. The van der Waals surface area contributed by atoms with Crippen LogP contribution >= 0.6 is 15.9 Å². The van der Waals surface area contributed by atoms with Crippen LogP contribution in [0.1, 0.15) is 40.3 Å². The van der Waals surface area contributed by atoms with Crippen molar-refractivity contribution in [2.45, 2.75) is 37.5 Å². The molecule has 4 aromatic rings. The highest BCUT2D eigenvalue weighted by Gasteiger charge is 2.53. The number of nitrogens with one attached hydrogen (secondary N) is 2. The molecule has 3 N–H and O–H groups in total. The summed E-state index contributed by atoms with van der Waals surface area (Å²) in [7, 11) is 0. The fraction of sp³-hybridized carbons (Fsp3) is 0.257. The summed E-state index contributed by atoms with van der Waals surface area (Å²) in [4.78, 5) is 22.4. The molecular weight excluding hydrogens is 667 g/mol. The topological polar surface area (TPSA) is 141 Å². The van der Waals surface area contributed by atoms with Crippen molar-refractivity contribution in [3.8, 4) is 5.75 Å². The van der Waals surface area contributed by atoms with Crippen LogP contribution in [0.2, 0.25) is 0 Å². The number of benzene rings is 4. The van der Waals surface area contributed by atoms with E-state index in [1.54, 1.807) is 18.2 Å². The number of nitrogens with zero attached hydrogens (tertiary/aromatic N) is 4. The van der Waals surface area contributed by atoms with Gasteiger partial charge in [-0.25, -0.2) is 14.8 Å². The van der Waals surface area contributed by atoms with Gasteiger partial charge < -0.3 is 14.6 Å². The monoisotopic (exact) mass is 700 g/mol. The van der Waals surface area contributed by atoms with E-state index in [0.29, 0.717) is 37.3 Å². The number of aliphatic imine (C=N–C) groups is 1. The molecule has 0 aromatic heterocycles. The third-order valence-corrected chi connectivity index (χ3v) is 8.24. The van der Waals surface area contributed by atoms with Crippen molar-refractivity contribution in [1.82, 2.24) is 10.9 Å². The number of aliphatic hydroxyl groups excluding tert-OH is 1. The molecule has 1 amide bonds. The van der Waals surface area contributed by atoms with Crippen molar-refractivity contribution in [3.05, 3.63) is 146 Å². The third kappa shape index (κ3) is 8.55. The molecule has 0 saturated carbocycles. The summed E-state index contributed by atoms with van der Waals surface area (Å²) >= 11 is 3.49. The molecule has 4 aromatic carbocycles. The molecule has 0 aliphatic carbocycles. The number of hydrogen-bond donors (Lipinski definition) is 3. The first-order valence-corrected chi connectivity index (χ1v) is 15.9. The Morgan fingerprint density at radius 2 is 1.83 bits per heavy atom. The highest BCUT2D eigenvalue weighted by atomic mass is 79.9. The lowest BCUT2D eigenvalue weighted by atomic mass is 9.81. The van der Waals surface area contributed by atoms with E-state index >= 15 is 0 Å². The predicted molar refractivity (Wildman–Crippen MR) is 180 cm³/mol. The Balaban J connectivity index is 1.52. The molecule has 242 valence electrons. The Hall–Kier alpha value is -4.74. The number of carbonyl (C=O) groups excluding carboxylic acids is 1.